The van der Waals surface area contributed by atoms with Crippen molar-refractivity contribution in [2.24, 2.45) is 5.92 Å². The molecule has 1 aromatic carbocycles. The summed E-state index contributed by atoms with van der Waals surface area (Å²) in [4.78, 5) is 17.4. The van der Waals surface area contributed by atoms with E-state index >= 15 is 0 Å². The maximum Gasteiger partial charge on any atom is 0.392 e. The van der Waals surface area contributed by atoms with Gasteiger partial charge < -0.3 is 4.74 Å². The van der Waals surface area contributed by atoms with Gasteiger partial charge in [0.15, 0.2) is 16.5 Å². The second-order valence-corrected chi connectivity index (χ2v) is 7.60. The number of nitriles is 1. The summed E-state index contributed by atoms with van der Waals surface area (Å²) < 4.78 is 59.5. The molecule has 0 saturated heterocycles. The third kappa shape index (κ3) is 3.01. The van der Waals surface area contributed by atoms with E-state index < -0.39 is 29.4 Å². The number of ether oxygens (including phenoxy) is 1. The maximum atomic E-state index is 14.1. The molecule has 1 aliphatic carbocycles. The van der Waals surface area contributed by atoms with Crippen LogP contribution in [0.2, 0.25) is 0 Å². The Morgan fingerprint density at radius 1 is 1.39 bits per heavy atom. The Morgan fingerprint density at radius 3 is 2.79 bits per heavy atom. The van der Waals surface area contributed by atoms with E-state index in [4.69, 9.17) is 10.00 Å². The van der Waals surface area contributed by atoms with Crippen LogP contribution < -0.4 is 10.3 Å². The Balaban J connectivity index is 1.74. The molecule has 0 bridgehead atoms. The van der Waals surface area contributed by atoms with Crippen molar-refractivity contribution in [1.29, 1.82) is 5.26 Å². The van der Waals surface area contributed by atoms with Crippen LogP contribution in [0, 0.1) is 30.0 Å². The number of rotatable bonds is 3. The molecule has 3 aromatic rings. The van der Waals surface area contributed by atoms with Crippen molar-refractivity contribution in [2.75, 3.05) is 0 Å². The Hall–Kier alpha value is -2.93. The summed E-state index contributed by atoms with van der Waals surface area (Å²) in [5.41, 5.74) is -0.524. The fourth-order valence-corrected chi connectivity index (χ4v) is 4.24. The largest absolute Gasteiger partial charge is 0.436 e. The predicted octanol–water partition coefficient (Wildman–Crippen LogP) is 4.53. The first-order chi connectivity index (χ1) is 13.2. The molecule has 4 rings (SSSR count). The van der Waals surface area contributed by atoms with Crippen LogP contribution in [0.25, 0.3) is 4.96 Å². The lowest BCUT2D eigenvalue weighted by molar-refractivity contribution is -0.148. The van der Waals surface area contributed by atoms with Gasteiger partial charge in [-0.25, -0.2) is 4.39 Å². The molecule has 2 aromatic heterocycles. The molecule has 1 fully saturated rings. The highest BCUT2D eigenvalue weighted by Crippen LogP contribution is 2.57. The van der Waals surface area contributed by atoms with E-state index in [0.29, 0.717) is 10.6 Å². The summed E-state index contributed by atoms with van der Waals surface area (Å²) in [5, 5.41) is 8.87. The van der Waals surface area contributed by atoms with Gasteiger partial charge in [0.25, 0.3) is 5.56 Å². The normalized spacial score (nSPS) is 18.9. The number of alkyl halides is 3. The number of aryl methyl sites for hydroxylation is 1. The average molecular weight is 409 g/mol. The molecule has 2 unspecified atom stereocenters. The third-order valence-corrected chi connectivity index (χ3v) is 5.54. The van der Waals surface area contributed by atoms with E-state index in [-0.39, 0.29) is 28.6 Å². The topological polar surface area (TPSA) is 67.4 Å². The van der Waals surface area contributed by atoms with Crippen molar-refractivity contribution in [3.63, 3.8) is 0 Å². The number of benzene rings is 1. The summed E-state index contributed by atoms with van der Waals surface area (Å²) in [6, 6.07) is 6.64. The highest BCUT2D eigenvalue weighted by molar-refractivity contribution is 7.17. The van der Waals surface area contributed by atoms with Gasteiger partial charge in [0.2, 0.25) is 5.88 Å². The molecule has 1 saturated carbocycles. The number of hydrogen-bond donors (Lipinski definition) is 0. The third-order valence-electron chi connectivity index (χ3n) is 4.57. The first kappa shape index (κ1) is 18.4. The molecule has 2 atom stereocenters. The molecule has 28 heavy (non-hydrogen) atoms. The summed E-state index contributed by atoms with van der Waals surface area (Å²) >= 11 is 1.07. The van der Waals surface area contributed by atoms with Crippen molar-refractivity contribution in [3.05, 3.63) is 56.6 Å². The Bertz CT molecular complexity index is 1190. The summed E-state index contributed by atoms with van der Waals surface area (Å²) in [7, 11) is 0. The standard InChI is InChI=1S/C18H11F4N3O2S/c1-8-16(10-5-11(10)18(20,21)22)25-14(26)6-13(24-17(25)28-8)27-12-4-2-3-9(7-23)15(12)19/h2-4,6,10-11H,5H2,1H3. The fourth-order valence-electron chi connectivity index (χ4n) is 3.20. The van der Waals surface area contributed by atoms with Crippen LogP contribution in [-0.2, 0) is 0 Å². The van der Waals surface area contributed by atoms with E-state index in [1.165, 1.54) is 18.2 Å². The highest BCUT2D eigenvalue weighted by Gasteiger charge is 2.57. The number of thiazole rings is 1. The second-order valence-electron chi connectivity index (χ2n) is 6.42. The zero-order valence-corrected chi connectivity index (χ0v) is 15.1. The van der Waals surface area contributed by atoms with Crippen LogP contribution >= 0.6 is 11.3 Å². The molecule has 0 amide bonds. The van der Waals surface area contributed by atoms with Gasteiger partial charge in [0.05, 0.1) is 17.5 Å². The van der Waals surface area contributed by atoms with E-state index in [2.05, 4.69) is 4.98 Å². The van der Waals surface area contributed by atoms with Crippen LogP contribution in [-0.4, -0.2) is 15.6 Å². The van der Waals surface area contributed by atoms with Gasteiger partial charge in [-0.15, -0.1) is 11.3 Å². The number of aromatic nitrogens is 2. The van der Waals surface area contributed by atoms with Crippen molar-refractivity contribution in [3.8, 4) is 17.7 Å². The summed E-state index contributed by atoms with van der Waals surface area (Å²) in [6.07, 6.45) is -4.37. The second kappa shape index (κ2) is 6.31. The summed E-state index contributed by atoms with van der Waals surface area (Å²) in [5.74, 6) is -3.60. The molecule has 0 radical (unpaired) electrons. The monoisotopic (exact) mass is 409 g/mol. The molecule has 1 aliphatic rings. The molecule has 144 valence electrons. The number of hydrogen-bond acceptors (Lipinski definition) is 5. The lowest BCUT2D eigenvalue weighted by Gasteiger charge is -2.08. The van der Waals surface area contributed by atoms with Crippen LogP contribution in [0.3, 0.4) is 0 Å². The lowest BCUT2D eigenvalue weighted by atomic mass is 10.2. The minimum absolute atomic E-state index is 0.0625. The molecule has 5 nitrogen and oxygen atoms in total. The molecule has 0 N–H and O–H groups in total. The van der Waals surface area contributed by atoms with Gasteiger partial charge in [-0.05, 0) is 25.5 Å². The first-order valence-electron chi connectivity index (χ1n) is 8.17. The average Bonchev–Trinajstić information content (AvgIpc) is 3.34. The van der Waals surface area contributed by atoms with E-state index in [0.717, 1.165) is 21.8 Å². The van der Waals surface area contributed by atoms with Crippen molar-refractivity contribution >= 4 is 16.3 Å². The van der Waals surface area contributed by atoms with Gasteiger partial charge >= 0.3 is 6.18 Å². The first-order valence-corrected chi connectivity index (χ1v) is 8.98. The Labute approximate surface area is 159 Å². The van der Waals surface area contributed by atoms with Gasteiger partial charge in [-0.2, -0.15) is 23.4 Å². The molecular weight excluding hydrogens is 398 g/mol. The van der Waals surface area contributed by atoms with Gasteiger partial charge in [0.1, 0.15) is 6.07 Å². The zero-order valence-electron chi connectivity index (χ0n) is 14.2. The van der Waals surface area contributed by atoms with E-state index in [1.54, 1.807) is 13.0 Å². The highest BCUT2D eigenvalue weighted by atomic mass is 32.1. The van der Waals surface area contributed by atoms with Crippen molar-refractivity contribution in [1.82, 2.24) is 9.38 Å². The lowest BCUT2D eigenvalue weighted by Crippen LogP contribution is -2.17. The maximum absolute atomic E-state index is 14.1. The predicted molar refractivity (Wildman–Crippen MR) is 92.2 cm³/mol. The molecule has 0 aliphatic heterocycles. The Morgan fingerprint density at radius 2 is 2.14 bits per heavy atom. The SMILES string of the molecule is Cc1sc2nc(Oc3cccc(C#N)c3F)cc(=O)n2c1C1CC1C(F)(F)F. The fraction of sp³-hybridized carbons (Fsp3) is 0.278. The van der Waals surface area contributed by atoms with Crippen LogP contribution in [0.4, 0.5) is 17.6 Å². The Kier molecular flexibility index (Phi) is 4.15. The van der Waals surface area contributed by atoms with Crippen LogP contribution in [0.1, 0.15) is 28.5 Å². The van der Waals surface area contributed by atoms with Crippen molar-refractivity contribution in [2.45, 2.75) is 25.4 Å². The number of halogens is 4. The molecular formula is C18H11F4N3O2S. The van der Waals surface area contributed by atoms with Gasteiger partial charge in [-0.1, -0.05) is 6.07 Å². The van der Waals surface area contributed by atoms with Crippen LogP contribution in [0.5, 0.6) is 11.6 Å². The summed E-state index contributed by atoms with van der Waals surface area (Å²) in [6.45, 7) is 1.64. The molecule has 10 heteroatoms. The zero-order chi connectivity index (χ0) is 20.2. The van der Waals surface area contributed by atoms with Gasteiger partial charge in [0, 0.05) is 16.5 Å². The number of nitrogens with zero attached hydrogens (tertiary/aromatic N) is 3. The quantitative estimate of drug-likeness (QED) is 0.596. The van der Waals surface area contributed by atoms with E-state index in [9.17, 15) is 22.4 Å². The molecule has 0 spiro atoms. The van der Waals surface area contributed by atoms with Crippen LogP contribution in [0.15, 0.2) is 29.1 Å². The smallest absolute Gasteiger partial charge is 0.392 e. The van der Waals surface area contributed by atoms with Crippen molar-refractivity contribution < 1.29 is 22.3 Å². The van der Waals surface area contributed by atoms with E-state index in [1.807, 2.05) is 0 Å². The number of fused-ring (bicyclic) bond motifs is 1. The minimum atomic E-state index is -4.31. The molecule has 2 heterocycles. The minimum Gasteiger partial charge on any atom is -0.436 e. The van der Waals surface area contributed by atoms with Gasteiger partial charge in [-0.3, -0.25) is 9.20 Å².